The van der Waals surface area contributed by atoms with Gasteiger partial charge in [0.2, 0.25) is 0 Å². The first-order valence-corrected chi connectivity index (χ1v) is 6.72. The van der Waals surface area contributed by atoms with Crippen LogP contribution >= 0.6 is 0 Å². The maximum absolute atomic E-state index is 12.2. The van der Waals surface area contributed by atoms with Crippen LogP contribution in [0.3, 0.4) is 0 Å². The first kappa shape index (κ1) is 13.7. The summed E-state index contributed by atoms with van der Waals surface area (Å²) in [7, 11) is 0. The number of carbonyl (C=O) groups is 1. The molecule has 0 bridgehead atoms. The molecule has 1 aromatic heterocycles. The van der Waals surface area contributed by atoms with Crippen LogP contribution in [0, 0.1) is 0 Å². The van der Waals surface area contributed by atoms with Crippen molar-refractivity contribution in [2.24, 2.45) is 0 Å². The second-order valence-electron chi connectivity index (χ2n) is 5.85. The highest BCUT2D eigenvalue weighted by atomic mass is 16.5. The highest BCUT2D eigenvalue weighted by Gasteiger charge is 2.23. The molecule has 0 unspecified atom stereocenters. The third-order valence-corrected chi connectivity index (χ3v) is 3.16. The number of benzene rings is 1. The fraction of sp³-hybridized carbons (Fsp3) is 0.438. The molecule has 19 heavy (non-hydrogen) atoms. The molecule has 0 atom stereocenters. The Bertz CT molecular complexity index is 590. The van der Waals surface area contributed by atoms with Gasteiger partial charge in [0.25, 0.3) is 0 Å². The van der Waals surface area contributed by atoms with Crippen LogP contribution in [0.5, 0.6) is 0 Å². The molecule has 1 heterocycles. The van der Waals surface area contributed by atoms with Crippen LogP contribution < -0.4 is 0 Å². The van der Waals surface area contributed by atoms with E-state index in [0.717, 1.165) is 22.9 Å². The molecule has 3 heteroatoms. The average Bonchev–Trinajstić information content (AvgIpc) is 2.80. The van der Waals surface area contributed by atoms with Crippen molar-refractivity contribution in [3.63, 3.8) is 0 Å². The van der Waals surface area contributed by atoms with Crippen LogP contribution in [-0.2, 0) is 10.2 Å². The zero-order valence-electron chi connectivity index (χ0n) is 12.0. The lowest BCUT2D eigenvalue weighted by molar-refractivity contribution is 0.0502. The first-order chi connectivity index (χ1) is 8.93. The van der Waals surface area contributed by atoms with Gasteiger partial charge in [0.1, 0.15) is 0 Å². The van der Waals surface area contributed by atoms with Crippen molar-refractivity contribution in [3.8, 4) is 0 Å². The molecule has 0 saturated carbocycles. The second kappa shape index (κ2) is 5.08. The minimum atomic E-state index is -0.227. The van der Waals surface area contributed by atoms with E-state index in [1.165, 1.54) is 0 Å². The van der Waals surface area contributed by atoms with E-state index >= 15 is 0 Å². The molecule has 102 valence electrons. The predicted molar refractivity (Wildman–Crippen MR) is 77.6 cm³/mol. The van der Waals surface area contributed by atoms with E-state index in [1.54, 1.807) is 0 Å². The van der Waals surface area contributed by atoms with Gasteiger partial charge in [-0.3, -0.25) is 0 Å². The Kier molecular flexibility index (Phi) is 3.65. The van der Waals surface area contributed by atoms with Gasteiger partial charge in [-0.25, -0.2) is 4.79 Å². The Balaban J connectivity index is 2.52. The second-order valence-corrected chi connectivity index (χ2v) is 5.85. The van der Waals surface area contributed by atoms with Crippen LogP contribution in [0.1, 0.15) is 50.0 Å². The maximum Gasteiger partial charge on any atom is 0.338 e. The standard InChI is InChI=1S/C16H21NO2/c1-5-8-19-15(18)12-9-11-6-7-17-14(11)10-13(12)16(2,3)4/h6-7,9-10,17H,5,8H2,1-4H3. The molecule has 0 radical (unpaired) electrons. The summed E-state index contributed by atoms with van der Waals surface area (Å²) >= 11 is 0. The van der Waals surface area contributed by atoms with Crippen molar-refractivity contribution in [2.45, 2.75) is 39.5 Å². The Morgan fingerprint density at radius 2 is 2.05 bits per heavy atom. The number of ether oxygens (including phenoxy) is 1. The lowest BCUT2D eigenvalue weighted by atomic mass is 9.83. The highest BCUT2D eigenvalue weighted by Crippen LogP contribution is 2.30. The molecule has 0 fully saturated rings. The normalized spacial score (nSPS) is 11.8. The van der Waals surface area contributed by atoms with Crippen molar-refractivity contribution in [2.75, 3.05) is 6.61 Å². The van der Waals surface area contributed by atoms with Gasteiger partial charge in [-0.05, 0) is 35.6 Å². The number of rotatable bonds is 3. The smallest absolute Gasteiger partial charge is 0.338 e. The van der Waals surface area contributed by atoms with Gasteiger partial charge in [-0.1, -0.05) is 27.7 Å². The maximum atomic E-state index is 12.2. The Hall–Kier alpha value is -1.77. The lowest BCUT2D eigenvalue weighted by Crippen LogP contribution is -2.18. The highest BCUT2D eigenvalue weighted by molar-refractivity contribution is 5.97. The number of nitrogens with one attached hydrogen (secondary N) is 1. The minimum absolute atomic E-state index is 0.0974. The Morgan fingerprint density at radius 1 is 1.32 bits per heavy atom. The van der Waals surface area contributed by atoms with Gasteiger partial charge >= 0.3 is 5.97 Å². The van der Waals surface area contributed by atoms with Gasteiger partial charge < -0.3 is 9.72 Å². The SMILES string of the molecule is CCCOC(=O)c1cc2cc[nH]c2cc1C(C)(C)C. The van der Waals surface area contributed by atoms with Crippen molar-refractivity contribution in [1.82, 2.24) is 4.98 Å². The van der Waals surface area contributed by atoms with Crippen molar-refractivity contribution in [1.29, 1.82) is 0 Å². The topological polar surface area (TPSA) is 42.1 Å². The van der Waals surface area contributed by atoms with Crippen molar-refractivity contribution in [3.05, 3.63) is 35.5 Å². The molecule has 2 rings (SSSR count). The number of esters is 1. The summed E-state index contributed by atoms with van der Waals surface area (Å²) in [6.45, 7) is 8.77. The number of aromatic amines is 1. The molecule has 3 nitrogen and oxygen atoms in total. The Morgan fingerprint density at radius 3 is 2.68 bits per heavy atom. The van der Waals surface area contributed by atoms with Gasteiger partial charge in [-0.15, -0.1) is 0 Å². The molecule has 0 saturated heterocycles. The third kappa shape index (κ3) is 2.80. The van der Waals surface area contributed by atoms with Crippen LogP contribution in [0.25, 0.3) is 10.9 Å². The third-order valence-electron chi connectivity index (χ3n) is 3.16. The quantitative estimate of drug-likeness (QED) is 0.845. The summed E-state index contributed by atoms with van der Waals surface area (Å²) in [5.74, 6) is -0.227. The number of hydrogen-bond acceptors (Lipinski definition) is 2. The number of H-pyrrole nitrogens is 1. The van der Waals surface area contributed by atoms with Gasteiger partial charge in [0.15, 0.2) is 0 Å². The van der Waals surface area contributed by atoms with E-state index in [-0.39, 0.29) is 11.4 Å². The van der Waals surface area contributed by atoms with Crippen molar-refractivity contribution >= 4 is 16.9 Å². The zero-order chi connectivity index (χ0) is 14.0. The van der Waals surface area contributed by atoms with E-state index in [1.807, 2.05) is 25.3 Å². The monoisotopic (exact) mass is 259 g/mol. The van der Waals surface area contributed by atoms with Crippen molar-refractivity contribution < 1.29 is 9.53 Å². The zero-order valence-corrected chi connectivity index (χ0v) is 12.0. The van der Waals surface area contributed by atoms with E-state index in [2.05, 4.69) is 31.8 Å². The number of hydrogen-bond donors (Lipinski definition) is 1. The molecule has 2 aromatic rings. The van der Waals surface area contributed by atoms with Crippen LogP contribution in [-0.4, -0.2) is 17.6 Å². The molecule has 0 aliphatic carbocycles. The fourth-order valence-corrected chi connectivity index (χ4v) is 2.16. The van der Waals surface area contributed by atoms with E-state index < -0.39 is 0 Å². The summed E-state index contributed by atoms with van der Waals surface area (Å²) in [6.07, 6.45) is 2.72. The van der Waals surface area contributed by atoms with Crippen LogP contribution in [0.15, 0.2) is 24.4 Å². The molecule has 0 amide bonds. The van der Waals surface area contributed by atoms with Gasteiger partial charge in [-0.2, -0.15) is 0 Å². The predicted octanol–water partition coefficient (Wildman–Crippen LogP) is 4.03. The van der Waals surface area contributed by atoms with Gasteiger partial charge in [0.05, 0.1) is 12.2 Å². The lowest BCUT2D eigenvalue weighted by Gasteiger charge is -2.22. The van der Waals surface area contributed by atoms with E-state index in [4.69, 9.17) is 4.74 Å². The number of fused-ring (bicyclic) bond motifs is 1. The number of aromatic nitrogens is 1. The summed E-state index contributed by atoms with van der Waals surface area (Å²) < 4.78 is 5.29. The molecular formula is C16H21NO2. The fourth-order valence-electron chi connectivity index (χ4n) is 2.16. The molecule has 1 N–H and O–H groups in total. The number of carbonyl (C=O) groups excluding carboxylic acids is 1. The summed E-state index contributed by atoms with van der Waals surface area (Å²) in [5, 5.41) is 1.04. The molecule has 0 spiro atoms. The first-order valence-electron chi connectivity index (χ1n) is 6.72. The molecule has 1 aromatic carbocycles. The molecule has 0 aliphatic rings. The van der Waals surface area contributed by atoms with E-state index in [0.29, 0.717) is 12.2 Å². The average molecular weight is 259 g/mol. The minimum Gasteiger partial charge on any atom is -0.462 e. The van der Waals surface area contributed by atoms with Crippen LogP contribution in [0.4, 0.5) is 0 Å². The van der Waals surface area contributed by atoms with E-state index in [9.17, 15) is 4.79 Å². The summed E-state index contributed by atoms with van der Waals surface area (Å²) in [6, 6.07) is 5.95. The Labute approximate surface area is 114 Å². The van der Waals surface area contributed by atoms with Gasteiger partial charge in [0, 0.05) is 17.1 Å². The van der Waals surface area contributed by atoms with Crippen LogP contribution in [0.2, 0.25) is 0 Å². The summed E-state index contributed by atoms with van der Waals surface area (Å²) in [4.78, 5) is 15.4. The molecular weight excluding hydrogens is 238 g/mol. The molecule has 0 aliphatic heterocycles. The largest absolute Gasteiger partial charge is 0.462 e. The summed E-state index contributed by atoms with van der Waals surface area (Å²) in [5.41, 5.74) is 2.65.